The number of nitrogens with zero attached hydrogens (tertiary/aromatic N) is 4. The molecular weight excluding hydrogens is 378 g/mol. The van der Waals surface area contributed by atoms with Gasteiger partial charge in [-0.05, 0) is 42.0 Å². The quantitative estimate of drug-likeness (QED) is 0.565. The molecule has 1 aliphatic carbocycles. The van der Waals surface area contributed by atoms with Crippen LogP contribution in [0.15, 0.2) is 53.6 Å². The Kier molecular flexibility index (Phi) is 4.58. The van der Waals surface area contributed by atoms with Crippen molar-refractivity contribution >= 4 is 28.3 Å². The van der Waals surface area contributed by atoms with Gasteiger partial charge in [-0.25, -0.2) is 0 Å². The number of benzene rings is 2. The summed E-state index contributed by atoms with van der Waals surface area (Å²) >= 11 is 0. The average molecular weight is 401 g/mol. The molecule has 0 bridgehead atoms. The molecule has 1 saturated carbocycles. The number of carbonyl (C=O) groups is 1. The van der Waals surface area contributed by atoms with Gasteiger partial charge in [0.2, 0.25) is 11.7 Å². The second-order valence-corrected chi connectivity index (χ2v) is 7.96. The fraction of sp³-hybridized carbons (Fsp3) is 0.304. The van der Waals surface area contributed by atoms with Crippen molar-refractivity contribution in [3.63, 3.8) is 0 Å². The van der Waals surface area contributed by atoms with Crippen molar-refractivity contribution in [3.8, 4) is 0 Å². The molecule has 5 rings (SSSR count). The van der Waals surface area contributed by atoms with Crippen LogP contribution < -0.4 is 10.9 Å². The van der Waals surface area contributed by atoms with E-state index in [0.29, 0.717) is 17.7 Å². The predicted molar refractivity (Wildman–Crippen MR) is 116 cm³/mol. The Morgan fingerprint density at radius 2 is 1.90 bits per heavy atom. The monoisotopic (exact) mass is 401 g/mol. The van der Waals surface area contributed by atoms with Crippen LogP contribution in [-0.2, 0) is 11.3 Å². The van der Waals surface area contributed by atoms with Crippen LogP contribution in [0.4, 0.5) is 5.69 Å². The highest BCUT2D eigenvalue weighted by molar-refractivity contribution is 5.96. The van der Waals surface area contributed by atoms with E-state index >= 15 is 0 Å². The number of nitrogens with one attached hydrogen (secondary N) is 1. The number of fused-ring (bicyclic) bond motifs is 3. The molecule has 2 aromatic carbocycles. The van der Waals surface area contributed by atoms with Crippen molar-refractivity contribution in [1.29, 1.82) is 0 Å². The molecule has 2 aromatic heterocycles. The largest absolute Gasteiger partial charge is 0.326 e. The van der Waals surface area contributed by atoms with Gasteiger partial charge >= 0.3 is 0 Å². The van der Waals surface area contributed by atoms with Crippen LogP contribution >= 0.6 is 0 Å². The molecule has 1 aliphatic rings. The van der Waals surface area contributed by atoms with Gasteiger partial charge in [0.25, 0.3) is 5.56 Å². The van der Waals surface area contributed by atoms with Crippen LogP contribution in [0.1, 0.15) is 49.7 Å². The summed E-state index contributed by atoms with van der Waals surface area (Å²) in [5, 5.41) is 11.9. The Hall–Kier alpha value is -3.48. The third-order valence-corrected chi connectivity index (χ3v) is 5.97. The molecule has 0 unspecified atom stereocenters. The summed E-state index contributed by atoms with van der Waals surface area (Å²) in [7, 11) is 0. The van der Waals surface area contributed by atoms with Crippen molar-refractivity contribution in [2.75, 3.05) is 5.32 Å². The van der Waals surface area contributed by atoms with Gasteiger partial charge in [0, 0.05) is 12.6 Å². The van der Waals surface area contributed by atoms with E-state index < -0.39 is 0 Å². The number of hydrogen-bond acceptors (Lipinski definition) is 4. The van der Waals surface area contributed by atoms with E-state index in [1.165, 1.54) is 6.92 Å². The summed E-state index contributed by atoms with van der Waals surface area (Å²) in [5.41, 5.74) is 3.38. The van der Waals surface area contributed by atoms with Crippen molar-refractivity contribution < 1.29 is 4.79 Å². The maximum Gasteiger partial charge on any atom is 0.263 e. The first-order valence-electron chi connectivity index (χ1n) is 10.3. The summed E-state index contributed by atoms with van der Waals surface area (Å²) in [5.74, 6) is 0.631. The number of amides is 1. The standard InChI is InChI=1S/C23H23N5O2/c1-15(29)25-18-11-12-19-21(20(18)17-9-5-6-10-17)22(30)27(23-26-24-14-28(19)23)13-16-7-3-2-4-8-16/h2-4,7-8,11-12,14,17H,5-6,9-10,13H2,1H3,(H,25,29). The van der Waals surface area contributed by atoms with E-state index in [4.69, 9.17) is 0 Å². The van der Waals surface area contributed by atoms with E-state index in [-0.39, 0.29) is 17.4 Å². The molecule has 7 heteroatoms. The van der Waals surface area contributed by atoms with E-state index in [1.54, 1.807) is 10.9 Å². The predicted octanol–water partition coefficient (Wildman–Crippen LogP) is 3.71. The molecule has 152 valence electrons. The lowest BCUT2D eigenvalue weighted by Gasteiger charge is -2.20. The summed E-state index contributed by atoms with van der Waals surface area (Å²) < 4.78 is 3.55. The molecule has 1 N–H and O–H groups in total. The second kappa shape index (κ2) is 7.40. The van der Waals surface area contributed by atoms with Crippen LogP contribution in [-0.4, -0.2) is 25.1 Å². The SMILES string of the molecule is CC(=O)Nc1ccc2c(c1C1CCCC1)c(=O)n(Cc1ccccc1)c1nncn21. The van der Waals surface area contributed by atoms with Crippen molar-refractivity contribution in [1.82, 2.24) is 19.2 Å². The lowest BCUT2D eigenvalue weighted by atomic mass is 9.92. The lowest BCUT2D eigenvalue weighted by Crippen LogP contribution is -2.25. The molecule has 4 aromatic rings. The summed E-state index contributed by atoms with van der Waals surface area (Å²) in [6.07, 6.45) is 5.95. The molecule has 0 aliphatic heterocycles. The number of anilines is 1. The van der Waals surface area contributed by atoms with E-state index in [2.05, 4.69) is 15.5 Å². The van der Waals surface area contributed by atoms with Crippen molar-refractivity contribution in [3.05, 3.63) is 70.3 Å². The Bertz CT molecular complexity index is 1300. The Morgan fingerprint density at radius 1 is 1.13 bits per heavy atom. The normalized spacial score (nSPS) is 14.6. The fourth-order valence-corrected chi connectivity index (χ4v) is 4.69. The fourth-order valence-electron chi connectivity index (χ4n) is 4.69. The molecule has 7 nitrogen and oxygen atoms in total. The highest BCUT2D eigenvalue weighted by Crippen LogP contribution is 2.41. The highest BCUT2D eigenvalue weighted by Gasteiger charge is 2.26. The van der Waals surface area contributed by atoms with Gasteiger partial charge in [-0.15, -0.1) is 10.2 Å². The maximum atomic E-state index is 13.8. The zero-order valence-corrected chi connectivity index (χ0v) is 16.8. The molecule has 2 heterocycles. The van der Waals surface area contributed by atoms with Gasteiger partial charge in [-0.2, -0.15) is 0 Å². The number of carbonyl (C=O) groups excluding carboxylic acids is 1. The van der Waals surface area contributed by atoms with Gasteiger partial charge in [0.1, 0.15) is 6.33 Å². The molecule has 0 spiro atoms. The first-order chi connectivity index (χ1) is 14.6. The van der Waals surface area contributed by atoms with Crippen LogP contribution in [0.25, 0.3) is 16.7 Å². The van der Waals surface area contributed by atoms with E-state index in [9.17, 15) is 9.59 Å². The molecule has 0 atom stereocenters. The van der Waals surface area contributed by atoms with Gasteiger partial charge in [0.15, 0.2) is 0 Å². The first-order valence-corrected chi connectivity index (χ1v) is 10.3. The highest BCUT2D eigenvalue weighted by atomic mass is 16.1. The molecule has 0 radical (unpaired) electrons. The minimum Gasteiger partial charge on any atom is -0.326 e. The Balaban J connectivity index is 1.83. The Labute approximate surface area is 173 Å². The van der Waals surface area contributed by atoms with Gasteiger partial charge in [-0.3, -0.25) is 18.6 Å². The van der Waals surface area contributed by atoms with Gasteiger partial charge in [-0.1, -0.05) is 43.2 Å². The third-order valence-electron chi connectivity index (χ3n) is 5.97. The summed E-state index contributed by atoms with van der Waals surface area (Å²) in [6, 6.07) is 13.6. The van der Waals surface area contributed by atoms with Crippen molar-refractivity contribution in [2.24, 2.45) is 0 Å². The smallest absolute Gasteiger partial charge is 0.263 e. The topological polar surface area (TPSA) is 81.3 Å². The summed E-state index contributed by atoms with van der Waals surface area (Å²) in [6.45, 7) is 1.91. The molecule has 0 saturated heterocycles. The zero-order valence-electron chi connectivity index (χ0n) is 16.8. The minimum atomic E-state index is -0.136. The van der Waals surface area contributed by atoms with Gasteiger partial charge < -0.3 is 5.32 Å². The van der Waals surface area contributed by atoms with E-state index in [1.807, 2.05) is 46.9 Å². The molecular formula is C23H23N5O2. The zero-order chi connectivity index (χ0) is 20.7. The van der Waals surface area contributed by atoms with Crippen molar-refractivity contribution in [2.45, 2.75) is 45.1 Å². The summed E-state index contributed by atoms with van der Waals surface area (Å²) in [4.78, 5) is 25.7. The molecule has 1 amide bonds. The van der Waals surface area contributed by atoms with E-state index in [0.717, 1.165) is 48.0 Å². The lowest BCUT2D eigenvalue weighted by molar-refractivity contribution is -0.114. The van der Waals surface area contributed by atoms with Crippen LogP contribution in [0.2, 0.25) is 0 Å². The third kappa shape index (κ3) is 3.07. The molecule has 30 heavy (non-hydrogen) atoms. The number of hydrogen-bond donors (Lipinski definition) is 1. The average Bonchev–Trinajstić information content (AvgIpc) is 3.43. The number of rotatable bonds is 4. The first kappa shape index (κ1) is 18.5. The maximum absolute atomic E-state index is 13.8. The Morgan fingerprint density at radius 3 is 2.63 bits per heavy atom. The van der Waals surface area contributed by atoms with Gasteiger partial charge in [0.05, 0.1) is 17.4 Å². The minimum absolute atomic E-state index is 0.0940. The van der Waals surface area contributed by atoms with Crippen LogP contribution in [0.5, 0.6) is 0 Å². The number of aromatic nitrogens is 4. The second-order valence-electron chi connectivity index (χ2n) is 7.96. The van der Waals surface area contributed by atoms with Crippen LogP contribution in [0, 0.1) is 0 Å². The van der Waals surface area contributed by atoms with Crippen LogP contribution in [0.3, 0.4) is 0 Å². The molecule has 1 fully saturated rings.